The van der Waals surface area contributed by atoms with Gasteiger partial charge in [-0.05, 0) is 18.2 Å². The number of aromatic nitrogens is 1. The van der Waals surface area contributed by atoms with Gasteiger partial charge in [0.15, 0.2) is 0 Å². The second-order valence-corrected chi connectivity index (χ2v) is 5.61. The molecule has 0 radical (unpaired) electrons. The number of rotatable bonds is 8. The molecule has 0 unspecified atom stereocenters. The number of anilines is 1. The van der Waals surface area contributed by atoms with Crippen molar-refractivity contribution in [2.75, 3.05) is 18.5 Å². The Labute approximate surface area is 145 Å². The molecular weight excluding hydrogens is 352 g/mol. The fourth-order valence-corrected chi connectivity index (χ4v) is 2.38. The number of hydrogen-bond donors (Lipinski definition) is 1. The topological polar surface area (TPSA) is 138 Å². The highest BCUT2D eigenvalue weighted by Gasteiger charge is 2.08. The average molecular weight is 364 g/mol. The van der Waals surface area contributed by atoms with Crippen molar-refractivity contribution < 1.29 is 19.4 Å². The standard InChI is InChI=1S/C14H12N4O6S/c19-14(6-3-11-2-5-13(25-11)18(22)23)24-8-7-15-12-4-1-10(9-16-12)17(20)21/h1-6,9H,7-8H2,(H,15,16)/b6-3+. The molecule has 25 heavy (non-hydrogen) atoms. The van der Waals surface area contributed by atoms with Crippen molar-refractivity contribution in [2.24, 2.45) is 0 Å². The zero-order valence-corrected chi connectivity index (χ0v) is 13.5. The zero-order valence-electron chi connectivity index (χ0n) is 12.7. The summed E-state index contributed by atoms with van der Waals surface area (Å²) in [6.45, 7) is 0.335. The lowest BCUT2D eigenvalue weighted by atomic mass is 10.4. The van der Waals surface area contributed by atoms with E-state index in [1.165, 1.54) is 36.4 Å². The zero-order chi connectivity index (χ0) is 18.2. The van der Waals surface area contributed by atoms with Gasteiger partial charge in [-0.15, -0.1) is 0 Å². The van der Waals surface area contributed by atoms with E-state index in [1.807, 2.05) is 0 Å². The molecule has 2 rings (SSSR count). The van der Waals surface area contributed by atoms with Crippen molar-refractivity contribution in [3.05, 3.63) is 61.6 Å². The van der Waals surface area contributed by atoms with Crippen molar-refractivity contribution in [2.45, 2.75) is 0 Å². The summed E-state index contributed by atoms with van der Waals surface area (Å²) in [5.74, 6) is -0.169. The summed E-state index contributed by atoms with van der Waals surface area (Å²) >= 11 is 0.950. The summed E-state index contributed by atoms with van der Waals surface area (Å²) in [7, 11) is 0. The fourth-order valence-electron chi connectivity index (χ4n) is 1.66. The summed E-state index contributed by atoms with van der Waals surface area (Å²) in [6.07, 6.45) is 3.74. The number of pyridine rings is 1. The molecule has 10 nitrogen and oxygen atoms in total. The molecule has 0 aliphatic heterocycles. The molecule has 0 aromatic carbocycles. The van der Waals surface area contributed by atoms with Gasteiger partial charge in [-0.1, -0.05) is 11.3 Å². The van der Waals surface area contributed by atoms with E-state index in [1.54, 1.807) is 0 Å². The van der Waals surface area contributed by atoms with Crippen LogP contribution in [0.2, 0.25) is 0 Å². The van der Waals surface area contributed by atoms with Crippen molar-refractivity contribution >= 4 is 39.9 Å². The van der Waals surface area contributed by atoms with E-state index in [2.05, 4.69) is 10.3 Å². The van der Waals surface area contributed by atoms with E-state index in [0.717, 1.165) is 17.5 Å². The predicted octanol–water partition coefficient (Wildman–Crippen LogP) is 2.63. The lowest BCUT2D eigenvalue weighted by Gasteiger charge is -2.05. The van der Waals surface area contributed by atoms with Gasteiger partial charge in [0.25, 0.3) is 5.69 Å². The van der Waals surface area contributed by atoms with E-state index in [4.69, 9.17) is 4.74 Å². The molecule has 0 spiro atoms. The summed E-state index contributed by atoms with van der Waals surface area (Å²) in [4.78, 5) is 35.9. The Morgan fingerprint density at radius 2 is 2.04 bits per heavy atom. The Morgan fingerprint density at radius 3 is 2.64 bits per heavy atom. The Bertz CT molecular complexity index is 802. The van der Waals surface area contributed by atoms with Crippen LogP contribution in [0, 0.1) is 20.2 Å². The van der Waals surface area contributed by atoms with Crippen LogP contribution in [0.3, 0.4) is 0 Å². The first kappa shape index (κ1) is 18.0. The van der Waals surface area contributed by atoms with Gasteiger partial charge in [0, 0.05) is 23.1 Å². The number of nitrogens with zero attached hydrogens (tertiary/aromatic N) is 3. The molecule has 0 aliphatic rings. The van der Waals surface area contributed by atoms with Gasteiger partial charge in [0.1, 0.15) is 18.6 Å². The smallest absolute Gasteiger partial charge is 0.330 e. The van der Waals surface area contributed by atoms with Crippen molar-refractivity contribution in [1.82, 2.24) is 4.98 Å². The van der Waals surface area contributed by atoms with E-state index in [0.29, 0.717) is 10.7 Å². The molecule has 130 valence electrons. The summed E-state index contributed by atoms with van der Waals surface area (Å²) in [5, 5.41) is 23.9. The van der Waals surface area contributed by atoms with Crippen LogP contribution in [0.25, 0.3) is 6.08 Å². The minimum atomic E-state index is -0.588. The molecule has 0 aliphatic carbocycles. The minimum Gasteiger partial charge on any atom is -0.461 e. The van der Waals surface area contributed by atoms with Gasteiger partial charge in [-0.3, -0.25) is 20.2 Å². The van der Waals surface area contributed by atoms with E-state index < -0.39 is 15.8 Å². The van der Waals surface area contributed by atoms with Gasteiger partial charge >= 0.3 is 11.0 Å². The fraction of sp³-hybridized carbons (Fsp3) is 0.143. The molecular formula is C14H12N4O6S. The first-order chi connectivity index (χ1) is 12.0. The lowest BCUT2D eigenvalue weighted by molar-refractivity contribution is -0.385. The third kappa shape index (κ3) is 5.66. The quantitative estimate of drug-likeness (QED) is 0.248. The number of ether oxygens (including phenoxy) is 1. The molecule has 0 bridgehead atoms. The van der Waals surface area contributed by atoms with E-state index in [-0.39, 0.29) is 23.8 Å². The molecule has 0 atom stereocenters. The maximum atomic E-state index is 11.5. The van der Waals surface area contributed by atoms with E-state index in [9.17, 15) is 25.0 Å². The van der Waals surface area contributed by atoms with Crippen LogP contribution in [0.5, 0.6) is 0 Å². The summed E-state index contributed by atoms with van der Waals surface area (Å²) in [5.41, 5.74) is -0.115. The Morgan fingerprint density at radius 1 is 1.24 bits per heavy atom. The lowest BCUT2D eigenvalue weighted by Crippen LogP contribution is -2.13. The van der Waals surface area contributed by atoms with Crippen LogP contribution in [-0.2, 0) is 9.53 Å². The highest BCUT2D eigenvalue weighted by atomic mass is 32.1. The number of carbonyl (C=O) groups is 1. The molecule has 0 amide bonds. The molecule has 2 aromatic heterocycles. The minimum absolute atomic E-state index is 0.00665. The van der Waals surface area contributed by atoms with Gasteiger partial charge in [0.2, 0.25) is 0 Å². The molecule has 0 saturated heterocycles. The van der Waals surface area contributed by atoms with Crippen LogP contribution in [0.15, 0.2) is 36.5 Å². The third-order valence-corrected chi connectivity index (χ3v) is 3.79. The monoisotopic (exact) mass is 364 g/mol. The summed E-state index contributed by atoms with van der Waals surface area (Å²) < 4.78 is 4.95. The van der Waals surface area contributed by atoms with Crippen LogP contribution in [0.4, 0.5) is 16.5 Å². The number of esters is 1. The second-order valence-electron chi connectivity index (χ2n) is 4.52. The van der Waals surface area contributed by atoms with E-state index >= 15 is 0 Å². The number of hydrogen-bond acceptors (Lipinski definition) is 9. The molecule has 2 aromatic rings. The normalized spacial score (nSPS) is 10.6. The van der Waals surface area contributed by atoms with Gasteiger partial charge in [-0.25, -0.2) is 9.78 Å². The number of nitro groups is 2. The Balaban J connectivity index is 1.71. The molecule has 11 heteroatoms. The highest BCUT2D eigenvalue weighted by molar-refractivity contribution is 7.16. The van der Waals surface area contributed by atoms with Gasteiger partial charge in [0.05, 0.1) is 16.4 Å². The Hall–Kier alpha value is -3.34. The Kier molecular flexibility index (Phi) is 6.12. The molecule has 0 fully saturated rings. The molecule has 2 heterocycles. The molecule has 0 saturated carbocycles. The highest BCUT2D eigenvalue weighted by Crippen LogP contribution is 2.24. The molecule has 1 N–H and O–H groups in total. The number of thiophene rings is 1. The first-order valence-electron chi connectivity index (χ1n) is 6.89. The third-order valence-electron chi connectivity index (χ3n) is 2.79. The average Bonchev–Trinajstić information content (AvgIpc) is 3.06. The number of carbonyl (C=O) groups excluding carboxylic acids is 1. The first-order valence-corrected chi connectivity index (χ1v) is 7.71. The van der Waals surface area contributed by atoms with Crippen LogP contribution in [-0.4, -0.2) is 34.0 Å². The van der Waals surface area contributed by atoms with Gasteiger partial charge in [-0.2, -0.15) is 0 Å². The van der Waals surface area contributed by atoms with Crippen LogP contribution >= 0.6 is 11.3 Å². The van der Waals surface area contributed by atoms with Crippen LogP contribution < -0.4 is 5.32 Å². The SMILES string of the molecule is O=C(/C=C/c1ccc([N+](=O)[O-])s1)OCCNc1ccc([N+](=O)[O-])cn1. The van der Waals surface area contributed by atoms with Crippen LogP contribution in [0.1, 0.15) is 4.88 Å². The maximum Gasteiger partial charge on any atom is 0.330 e. The summed E-state index contributed by atoms with van der Waals surface area (Å²) in [6, 6.07) is 5.65. The maximum absolute atomic E-state index is 11.5. The van der Waals surface area contributed by atoms with Crippen molar-refractivity contribution in [1.29, 1.82) is 0 Å². The van der Waals surface area contributed by atoms with Crippen molar-refractivity contribution in [3.63, 3.8) is 0 Å². The number of nitrogens with one attached hydrogen (secondary N) is 1. The van der Waals surface area contributed by atoms with Crippen molar-refractivity contribution in [3.8, 4) is 0 Å². The second kappa shape index (κ2) is 8.49. The van der Waals surface area contributed by atoms with Gasteiger partial charge < -0.3 is 10.1 Å². The largest absolute Gasteiger partial charge is 0.461 e. The predicted molar refractivity (Wildman–Crippen MR) is 90.3 cm³/mol.